The number of nitrogens with one attached hydrogen (secondary N) is 1. The van der Waals surface area contributed by atoms with Crippen LogP contribution in [-0.2, 0) is 9.59 Å². The lowest BCUT2D eigenvalue weighted by Crippen LogP contribution is -2.49. The van der Waals surface area contributed by atoms with Crippen molar-refractivity contribution < 1.29 is 14.7 Å². The summed E-state index contributed by atoms with van der Waals surface area (Å²) in [5.74, 6) is -1.23. The standard InChI is InChI=1S/C14H24N4O3/c1-3-4-5-11(17-9(2)19)14(12(20)21)7-6-10(8-14)18-13(15)16/h4-5,10-11H,3,6-8H2,1-2H3,(H,17,19)(H,20,21)(H4,15,16,18)/t10-,11?,14?/m1/s1. The number of carboxylic acid groups (broad SMARTS) is 1. The average Bonchev–Trinajstić information content (AvgIpc) is 2.78. The van der Waals surface area contributed by atoms with E-state index in [9.17, 15) is 14.7 Å². The van der Waals surface area contributed by atoms with E-state index >= 15 is 0 Å². The van der Waals surface area contributed by atoms with E-state index in [4.69, 9.17) is 11.5 Å². The zero-order chi connectivity index (χ0) is 16.0. The van der Waals surface area contributed by atoms with Crippen LogP contribution in [-0.4, -0.2) is 35.0 Å². The van der Waals surface area contributed by atoms with Gasteiger partial charge in [0.05, 0.1) is 17.5 Å². The van der Waals surface area contributed by atoms with E-state index in [1.807, 2.05) is 13.0 Å². The van der Waals surface area contributed by atoms with E-state index in [0.29, 0.717) is 19.3 Å². The molecule has 7 heteroatoms. The van der Waals surface area contributed by atoms with Gasteiger partial charge in [-0.15, -0.1) is 0 Å². The molecule has 1 aliphatic rings. The Kier molecular flexibility index (Phi) is 5.75. The fourth-order valence-corrected chi connectivity index (χ4v) is 2.84. The van der Waals surface area contributed by atoms with Gasteiger partial charge in [0.1, 0.15) is 0 Å². The van der Waals surface area contributed by atoms with Crippen LogP contribution in [0.2, 0.25) is 0 Å². The molecule has 0 aliphatic heterocycles. The Morgan fingerprint density at radius 2 is 2.19 bits per heavy atom. The van der Waals surface area contributed by atoms with E-state index in [1.54, 1.807) is 6.08 Å². The molecule has 3 atom stereocenters. The first-order valence-electron chi connectivity index (χ1n) is 7.07. The second-order valence-electron chi connectivity index (χ2n) is 5.43. The summed E-state index contributed by atoms with van der Waals surface area (Å²) in [6, 6.07) is -0.788. The highest BCUT2D eigenvalue weighted by Gasteiger charge is 2.50. The fraction of sp³-hybridized carbons (Fsp3) is 0.643. The number of hydrogen-bond acceptors (Lipinski definition) is 3. The molecule has 0 radical (unpaired) electrons. The lowest BCUT2D eigenvalue weighted by atomic mass is 9.78. The highest BCUT2D eigenvalue weighted by molar-refractivity contribution is 5.80. The molecule has 0 aromatic carbocycles. The molecule has 0 bridgehead atoms. The number of nitrogens with two attached hydrogens (primary N) is 2. The lowest BCUT2D eigenvalue weighted by Gasteiger charge is -2.32. The number of allylic oxidation sites excluding steroid dienone is 1. The molecule has 0 saturated heterocycles. The molecule has 1 saturated carbocycles. The van der Waals surface area contributed by atoms with E-state index in [2.05, 4.69) is 10.3 Å². The van der Waals surface area contributed by atoms with E-state index in [0.717, 1.165) is 6.42 Å². The van der Waals surface area contributed by atoms with E-state index < -0.39 is 17.4 Å². The summed E-state index contributed by atoms with van der Waals surface area (Å²) in [4.78, 5) is 27.3. The quantitative estimate of drug-likeness (QED) is 0.319. The normalized spacial score (nSPS) is 26.5. The number of carboxylic acids is 1. The number of carbonyl (C=O) groups is 2. The number of carbonyl (C=O) groups excluding carboxylic acids is 1. The van der Waals surface area contributed by atoms with Crippen molar-refractivity contribution in [1.29, 1.82) is 0 Å². The first-order chi connectivity index (χ1) is 9.81. The smallest absolute Gasteiger partial charge is 0.312 e. The predicted octanol–water partition coefficient (Wildman–Crippen LogP) is 0.354. The third kappa shape index (κ3) is 4.21. The molecule has 1 amide bonds. The Labute approximate surface area is 124 Å². The maximum atomic E-state index is 11.8. The van der Waals surface area contributed by atoms with Gasteiger partial charge in [-0.2, -0.15) is 0 Å². The first-order valence-corrected chi connectivity index (χ1v) is 7.07. The lowest BCUT2D eigenvalue weighted by molar-refractivity contribution is -0.150. The summed E-state index contributed by atoms with van der Waals surface area (Å²) < 4.78 is 0. The van der Waals surface area contributed by atoms with Gasteiger partial charge in [-0.3, -0.25) is 14.6 Å². The van der Waals surface area contributed by atoms with Gasteiger partial charge in [0.2, 0.25) is 5.91 Å². The third-order valence-electron chi connectivity index (χ3n) is 3.80. The van der Waals surface area contributed by atoms with Crippen molar-refractivity contribution in [2.45, 2.75) is 51.6 Å². The highest BCUT2D eigenvalue weighted by Crippen LogP contribution is 2.43. The van der Waals surface area contributed by atoms with Crippen LogP contribution in [0.25, 0.3) is 0 Å². The molecular weight excluding hydrogens is 272 g/mol. The molecule has 0 aromatic rings. The van der Waals surface area contributed by atoms with Gasteiger partial charge in [-0.25, -0.2) is 0 Å². The van der Waals surface area contributed by atoms with Gasteiger partial charge in [0.25, 0.3) is 0 Å². The first kappa shape index (κ1) is 17.0. The molecule has 21 heavy (non-hydrogen) atoms. The third-order valence-corrected chi connectivity index (χ3v) is 3.80. The molecule has 0 heterocycles. The van der Waals surface area contributed by atoms with Gasteiger partial charge >= 0.3 is 5.97 Å². The minimum atomic E-state index is -1.07. The largest absolute Gasteiger partial charge is 0.481 e. The van der Waals surface area contributed by atoms with E-state index in [-0.39, 0.29) is 17.9 Å². The molecule has 6 N–H and O–H groups in total. The van der Waals surface area contributed by atoms with Crippen molar-refractivity contribution in [2.24, 2.45) is 21.9 Å². The summed E-state index contributed by atoms with van der Waals surface area (Å²) in [7, 11) is 0. The molecule has 1 fully saturated rings. The number of aliphatic imine (C=N–C) groups is 1. The zero-order valence-corrected chi connectivity index (χ0v) is 12.5. The van der Waals surface area contributed by atoms with Crippen LogP contribution >= 0.6 is 0 Å². The number of nitrogens with zero attached hydrogens (tertiary/aromatic N) is 1. The van der Waals surface area contributed by atoms with Crippen LogP contribution in [0.1, 0.15) is 39.5 Å². The molecule has 0 spiro atoms. The van der Waals surface area contributed by atoms with Gasteiger partial charge in [-0.1, -0.05) is 19.1 Å². The van der Waals surface area contributed by atoms with Crippen molar-refractivity contribution >= 4 is 17.8 Å². The summed E-state index contributed by atoms with van der Waals surface area (Å²) in [5, 5.41) is 12.4. The van der Waals surface area contributed by atoms with Crippen LogP contribution in [0.4, 0.5) is 0 Å². The molecule has 0 aromatic heterocycles. The average molecular weight is 296 g/mol. The van der Waals surface area contributed by atoms with E-state index in [1.165, 1.54) is 6.92 Å². The number of guanidine groups is 1. The summed E-state index contributed by atoms with van der Waals surface area (Å²) in [5.41, 5.74) is 9.67. The highest BCUT2D eigenvalue weighted by atomic mass is 16.4. The SMILES string of the molecule is CCC=CC(NC(C)=O)C1(C(=O)O)CC[C@@H](N=C(N)N)C1. The van der Waals surface area contributed by atoms with Crippen molar-refractivity contribution in [1.82, 2.24) is 5.32 Å². The molecule has 118 valence electrons. The summed E-state index contributed by atoms with van der Waals surface area (Å²) >= 11 is 0. The van der Waals surface area contributed by atoms with Crippen molar-refractivity contribution in [2.75, 3.05) is 0 Å². The molecular formula is C14H24N4O3. The minimum Gasteiger partial charge on any atom is -0.481 e. The van der Waals surface area contributed by atoms with Gasteiger partial charge in [0, 0.05) is 6.92 Å². The van der Waals surface area contributed by atoms with Crippen molar-refractivity contribution in [3.05, 3.63) is 12.2 Å². The monoisotopic (exact) mass is 296 g/mol. The van der Waals surface area contributed by atoms with Crippen LogP contribution in [0.5, 0.6) is 0 Å². The van der Waals surface area contributed by atoms with Crippen LogP contribution in [0.3, 0.4) is 0 Å². The van der Waals surface area contributed by atoms with Crippen molar-refractivity contribution in [3.63, 3.8) is 0 Å². The Morgan fingerprint density at radius 3 is 2.67 bits per heavy atom. The maximum Gasteiger partial charge on any atom is 0.312 e. The van der Waals surface area contributed by atoms with Gasteiger partial charge < -0.3 is 21.9 Å². The van der Waals surface area contributed by atoms with Crippen LogP contribution < -0.4 is 16.8 Å². The number of rotatable bonds is 6. The predicted molar refractivity (Wildman–Crippen MR) is 80.6 cm³/mol. The Hall–Kier alpha value is -2.05. The number of hydrogen-bond donors (Lipinski definition) is 4. The molecule has 1 rings (SSSR count). The maximum absolute atomic E-state index is 11.8. The summed E-state index contributed by atoms with van der Waals surface area (Å²) in [6.45, 7) is 3.33. The Bertz CT molecular complexity index is 457. The van der Waals surface area contributed by atoms with Gasteiger partial charge in [-0.05, 0) is 25.7 Å². The fourth-order valence-electron chi connectivity index (χ4n) is 2.84. The Balaban J connectivity index is 3.07. The second kappa shape index (κ2) is 7.10. The second-order valence-corrected chi connectivity index (χ2v) is 5.43. The minimum absolute atomic E-state index is 0.0404. The molecule has 1 aliphatic carbocycles. The molecule has 2 unspecified atom stereocenters. The van der Waals surface area contributed by atoms with Crippen LogP contribution in [0.15, 0.2) is 17.1 Å². The topological polar surface area (TPSA) is 131 Å². The number of aliphatic carboxylic acids is 1. The number of amides is 1. The van der Waals surface area contributed by atoms with Gasteiger partial charge in [0.15, 0.2) is 5.96 Å². The van der Waals surface area contributed by atoms with Crippen molar-refractivity contribution in [3.8, 4) is 0 Å². The summed E-state index contributed by atoms with van der Waals surface area (Å²) in [6.07, 6.45) is 5.69. The van der Waals surface area contributed by atoms with Crippen LogP contribution in [0, 0.1) is 5.41 Å². The Morgan fingerprint density at radius 1 is 1.52 bits per heavy atom. The molecule has 7 nitrogen and oxygen atoms in total. The zero-order valence-electron chi connectivity index (χ0n) is 12.5.